The second-order valence-corrected chi connectivity index (χ2v) is 8.50. The van der Waals surface area contributed by atoms with E-state index in [1.54, 1.807) is 13.8 Å². The zero-order valence-corrected chi connectivity index (χ0v) is 17.9. The largest absolute Gasteiger partial charge is 0.512 e. The first-order chi connectivity index (χ1) is 13.7. The molecule has 2 heterocycles. The summed E-state index contributed by atoms with van der Waals surface area (Å²) in [6.45, 7) is 9.70. The Labute approximate surface area is 172 Å². The van der Waals surface area contributed by atoms with Crippen molar-refractivity contribution < 1.29 is 5.11 Å². The summed E-state index contributed by atoms with van der Waals surface area (Å²) in [4.78, 5) is 4.90. The molecule has 0 bridgehead atoms. The lowest BCUT2D eigenvalue weighted by Gasteiger charge is -2.22. The molecule has 0 spiro atoms. The summed E-state index contributed by atoms with van der Waals surface area (Å²) in [5.74, 6) is 1.14. The van der Waals surface area contributed by atoms with Crippen molar-refractivity contribution in [2.24, 2.45) is 0 Å². The Hall–Kier alpha value is -3.08. The van der Waals surface area contributed by atoms with E-state index in [1.165, 1.54) is 5.56 Å². The average Bonchev–Trinajstić information content (AvgIpc) is 2.95. The number of anilines is 1. The molecule has 0 aliphatic carbocycles. The number of fused-ring (bicyclic) bond motifs is 1. The number of imidazole rings is 1. The number of aliphatic hydroxyl groups excluding tert-OH is 1. The SMILES string of the molecule is CC(=N)/C(=C(/C)O)c1ccn2c(NC(C)(C)C)c(CCc3ccccc3)nc2c1. The van der Waals surface area contributed by atoms with Crippen LogP contribution in [0.2, 0.25) is 0 Å². The molecule has 0 fully saturated rings. The number of nitrogens with one attached hydrogen (secondary N) is 2. The van der Waals surface area contributed by atoms with Crippen LogP contribution < -0.4 is 5.32 Å². The van der Waals surface area contributed by atoms with Gasteiger partial charge in [0.05, 0.1) is 11.5 Å². The van der Waals surface area contributed by atoms with Crippen LogP contribution in [0.15, 0.2) is 54.4 Å². The molecule has 1 aromatic carbocycles. The van der Waals surface area contributed by atoms with Crippen LogP contribution >= 0.6 is 0 Å². The molecule has 0 saturated heterocycles. The van der Waals surface area contributed by atoms with Crippen LogP contribution in [-0.4, -0.2) is 25.7 Å². The zero-order chi connectivity index (χ0) is 21.2. The van der Waals surface area contributed by atoms with Crippen molar-refractivity contribution in [3.63, 3.8) is 0 Å². The fraction of sp³-hybridized carbons (Fsp3) is 0.333. The molecule has 0 radical (unpaired) electrons. The summed E-state index contributed by atoms with van der Waals surface area (Å²) in [5.41, 5.74) is 4.68. The first-order valence-corrected chi connectivity index (χ1v) is 9.94. The van der Waals surface area contributed by atoms with Gasteiger partial charge in [0, 0.05) is 23.0 Å². The molecule has 0 aliphatic heterocycles. The van der Waals surface area contributed by atoms with Crippen molar-refractivity contribution >= 4 is 22.7 Å². The minimum absolute atomic E-state index is 0.103. The maximum atomic E-state index is 10.0. The predicted octanol–water partition coefficient (Wildman–Crippen LogP) is 5.66. The lowest BCUT2D eigenvalue weighted by Crippen LogP contribution is -2.27. The zero-order valence-electron chi connectivity index (χ0n) is 17.9. The number of aryl methyl sites for hydroxylation is 2. The van der Waals surface area contributed by atoms with E-state index in [9.17, 15) is 5.11 Å². The van der Waals surface area contributed by atoms with Gasteiger partial charge in [-0.3, -0.25) is 4.40 Å². The van der Waals surface area contributed by atoms with E-state index in [1.807, 2.05) is 24.4 Å². The van der Waals surface area contributed by atoms with Crippen LogP contribution in [0.3, 0.4) is 0 Å². The van der Waals surface area contributed by atoms with Gasteiger partial charge in [0.1, 0.15) is 11.5 Å². The number of hydrogen-bond donors (Lipinski definition) is 3. The predicted molar refractivity (Wildman–Crippen MR) is 121 cm³/mol. The Kier molecular flexibility index (Phi) is 5.78. The number of benzene rings is 1. The van der Waals surface area contributed by atoms with Crippen LogP contribution in [0.25, 0.3) is 11.2 Å². The number of allylic oxidation sites excluding steroid dienone is 2. The molecule has 5 heteroatoms. The Balaban J connectivity index is 2.05. The van der Waals surface area contributed by atoms with Gasteiger partial charge in [0.15, 0.2) is 0 Å². The third-order valence-corrected chi connectivity index (χ3v) is 4.71. The summed E-state index contributed by atoms with van der Waals surface area (Å²) < 4.78 is 2.05. The van der Waals surface area contributed by atoms with Gasteiger partial charge in [0.25, 0.3) is 0 Å². The lowest BCUT2D eigenvalue weighted by molar-refractivity contribution is 0.418. The molecule has 0 atom stereocenters. The standard InChI is InChI=1S/C24H30N4O/c1-16(25)22(17(2)29)19-13-14-28-21(15-19)26-20(23(28)27-24(3,4)5)12-11-18-9-7-6-8-10-18/h6-10,13-15,25,27,29H,11-12H2,1-5H3/b22-17+,25-16?. The Morgan fingerprint density at radius 1 is 1.10 bits per heavy atom. The Bertz CT molecular complexity index is 1050. The highest BCUT2D eigenvalue weighted by molar-refractivity contribution is 6.21. The van der Waals surface area contributed by atoms with Crippen molar-refractivity contribution in [2.75, 3.05) is 5.32 Å². The molecule has 0 amide bonds. The van der Waals surface area contributed by atoms with Gasteiger partial charge in [-0.15, -0.1) is 0 Å². The van der Waals surface area contributed by atoms with Crippen LogP contribution in [0.4, 0.5) is 5.82 Å². The average molecular weight is 391 g/mol. The van der Waals surface area contributed by atoms with E-state index in [0.717, 1.165) is 35.6 Å². The molecule has 0 saturated carbocycles. The van der Waals surface area contributed by atoms with Gasteiger partial charge in [-0.2, -0.15) is 0 Å². The van der Waals surface area contributed by atoms with E-state index in [2.05, 4.69) is 54.8 Å². The number of aliphatic hydroxyl groups is 1. The molecule has 152 valence electrons. The fourth-order valence-electron chi connectivity index (χ4n) is 3.51. The van der Waals surface area contributed by atoms with Gasteiger partial charge < -0.3 is 15.8 Å². The van der Waals surface area contributed by atoms with Gasteiger partial charge >= 0.3 is 0 Å². The van der Waals surface area contributed by atoms with Crippen molar-refractivity contribution in [3.8, 4) is 0 Å². The molecule has 29 heavy (non-hydrogen) atoms. The Morgan fingerprint density at radius 3 is 2.38 bits per heavy atom. The third-order valence-electron chi connectivity index (χ3n) is 4.71. The van der Waals surface area contributed by atoms with E-state index < -0.39 is 0 Å². The number of rotatable bonds is 6. The summed E-state index contributed by atoms with van der Waals surface area (Å²) in [6, 6.07) is 14.3. The van der Waals surface area contributed by atoms with Crippen LogP contribution in [-0.2, 0) is 12.8 Å². The van der Waals surface area contributed by atoms with Gasteiger partial charge in [-0.05, 0) is 70.7 Å². The molecule has 2 aromatic heterocycles. The van der Waals surface area contributed by atoms with E-state index in [0.29, 0.717) is 11.3 Å². The molecule has 5 nitrogen and oxygen atoms in total. The van der Waals surface area contributed by atoms with Crippen molar-refractivity contribution in [1.82, 2.24) is 9.38 Å². The highest BCUT2D eigenvalue weighted by Crippen LogP contribution is 2.27. The van der Waals surface area contributed by atoms with Crippen LogP contribution in [0.5, 0.6) is 0 Å². The van der Waals surface area contributed by atoms with Crippen molar-refractivity contribution in [2.45, 2.75) is 53.0 Å². The van der Waals surface area contributed by atoms with Crippen LogP contribution in [0.1, 0.15) is 51.4 Å². The number of hydrogen-bond acceptors (Lipinski definition) is 4. The first-order valence-electron chi connectivity index (χ1n) is 9.94. The van der Waals surface area contributed by atoms with Gasteiger partial charge in [0.2, 0.25) is 0 Å². The number of nitrogens with zero attached hydrogens (tertiary/aromatic N) is 2. The van der Waals surface area contributed by atoms with Crippen LogP contribution in [0, 0.1) is 5.41 Å². The van der Waals surface area contributed by atoms with Crippen molar-refractivity contribution in [3.05, 3.63) is 71.2 Å². The van der Waals surface area contributed by atoms with Crippen molar-refractivity contribution in [1.29, 1.82) is 5.41 Å². The smallest absolute Gasteiger partial charge is 0.139 e. The number of aromatic nitrogens is 2. The summed E-state index contributed by atoms with van der Waals surface area (Å²) in [7, 11) is 0. The molecule has 0 aliphatic rings. The topological polar surface area (TPSA) is 73.4 Å². The summed E-state index contributed by atoms with van der Waals surface area (Å²) >= 11 is 0. The number of pyridine rings is 1. The first kappa shape index (κ1) is 20.6. The quantitative estimate of drug-likeness (QED) is 0.376. The third kappa shape index (κ3) is 4.86. The summed E-state index contributed by atoms with van der Waals surface area (Å²) in [6.07, 6.45) is 3.70. The fourth-order valence-corrected chi connectivity index (χ4v) is 3.51. The molecule has 0 unspecified atom stereocenters. The minimum atomic E-state index is -0.103. The molecular formula is C24H30N4O. The normalized spacial score (nSPS) is 12.7. The molecule has 3 rings (SSSR count). The van der Waals surface area contributed by atoms with Gasteiger partial charge in [-0.1, -0.05) is 30.3 Å². The lowest BCUT2D eigenvalue weighted by atomic mass is 10.0. The monoisotopic (exact) mass is 390 g/mol. The second-order valence-electron chi connectivity index (χ2n) is 8.50. The minimum Gasteiger partial charge on any atom is -0.512 e. The maximum absolute atomic E-state index is 10.0. The van der Waals surface area contributed by atoms with Gasteiger partial charge in [-0.25, -0.2) is 4.98 Å². The highest BCUT2D eigenvalue weighted by atomic mass is 16.3. The summed E-state index contributed by atoms with van der Waals surface area (Å²) in [5, 5.41) is 21.6. The molecule has 3 aromatic rings. The second kappa shape index (κ2) is 8.11. The molecule has 3 N–H and O–H groups in total. The van der Waals surface area contributed by atoms with E-state index in [-0.39, 0.29) is 11.3 Å². The van der Waals surface area contributed by atoms with E-state index >= 15 is 0 Å². The maximum Gasteiger partial charge on any atom is 0.139 e. The molecular weight excluding hydrogens is 360 g/mol. The highest BCUT2D eigenvalue weighted by Gasteiger charge is 2.19. The Morgan fingerprint density at radius 2 is 1.79 bits per heavy atom. The van der Waals surface area contributed by atoms with E-state index in [4.69, 9.17) is 10.4 Å².